The highest BCUT2D eigenvalue weighted by atomic mass is 35.5. The maximum absolute atomic E-state index is 12.6. The second-order valence-corrected chi connectivity index (χ2v) is 9.06. The number of alkyl halides is 2. The van der Waals surface area contributed by atoms with Gasteiger partial charge in [-0.1, -0.05) is 13.0 Å². The maximum Gasteiger partial charge on any atom is 0.277 e. The summed E-state index contributed by atoms with van der Waals surface area (Å²) in [4.78, 5) is 24.7. The number of carbonyl (C=O) groups is 2. The van der Waals surface area contributed by atoms with Gasteiger partial charge in [0.1, 0.15) is 5.57 Å². The Balaban J connectivity index is 1.70. The van der Waals surface area contributed by atoms with Crippen LogP contribution in [-0.4, -0.2) is 44.1 Å². The van der Waals surface area contributed by atoms with Gasteiger partial charge in [-0.25, -0.2) is 5.01 Å². The van der Waals surface area contributed by atoms with E-state index in [0.29, 0.717) is 11.7 Å². The Morgan fingerprint density at radius 2 is 1.95 bits per heavy atom. The predicted octanol–water partition coefficient (Wildman–Crippen LogP) is 2.84. The highest BCUT2D eigenvalue weighted by molar-refractivity contribution is 8.00. The molecule has 1 saturated carbocycles. The fraction of sp³-hybridized carbons (Fsp3) is 0.733. The molecule has 0 bridgehead atoms. The number of thioether (sulfide) groups is 1. The molecule has 0 aromatic heterocycles. The number of hydrogen-bond donors (Lipinski definition) is 1. The molecule has 122 valence electrons. The number of amides is 2. The van der Waals surface area contributed by atoms with Gasteiger partial charge in [0, 0.05) is 10.5 Å². The van der Waals surface area contributed by atoms with Gasteiger partial charge in [-0.3, -0.25) is 15.0 Å². The zero-order valence-corrected chi connectivity index (χ0v) is 14.8. The Morgan fingerprint density at radius 1 is 1.18 bits per heavy atom. The Kier molecular flexibility index (Phi) is 4.95. The Labute approximate surface area is 144 Å². The van der Waals surface area contributed by atoms with E-state index >= 15 is 0 Å². The van der Waals surface area contributed by atoms with Crippen molar-refractivity contribution in [3.8, 4) is 0 Å². The summed E-state index contributed by atoms with van der Waals surface area (Å²) < 4.78 is 0. The molecule has 2 aliphatic heterocycles. The minimum Gasteiger partial charge on any atom is -0.267 e. The molecule has 7 heteroatoms. The van der Waals surface area contributed by atoms with Crippen LogP contribution >= 0.6 is 35.0 Å². The molecule has 1 aliphatic carbocycles. The van der Waals surface area contributed by atoms with Crippen molar-refractivity contribution >= 4 is 46.8 Å². The lowest BCUT2D eigenvalue weighted by Gasteiger charge is -2.34. The van der Waals surface area contributed by atoms with Gasteiger partial charge in [0.25, 0.3) is 11.8 Å². The lowest BCUT2D eigenvalue weighted by molar-refractivity contribution is -0.131. The standard InChI is InChI=1S/C15H20Cl2N2O2S/c1-8-2-4-10(22-8)7-11-14(20)18-19(15(11)21)9-3-5-12(16)13(17)6-9/h7-10,12-13H,2-6H2,1H3,(H,18,20)/b11-7+. The lowest BCUT2D eigenvalue weighted by atomic mass is 9.94. The molecular weight excluding hydrogens is 343 g/mol. The Bertz CT molecular complexity index is 514. The minimum absolute atomic E-state index is 0.0577. The van der Waals surface area contributed by atoms with Crippen LogP contribution in [0.15, 0.2) is 11.6 Å². The molecule has 1 N–H and O–H groups in total. The maximum atomic E-state index is 12.6. The fourth-order valence-electron chi connectivity index (χ4n) is 3.29. The van der Waals surface area contributed by atoms with Crippen LogP contribution in [-0.2, 0) is 9.59 Å². The molecule has 2 saturated heterocycles. The van der Waals surface area contributed by atoms with Crippen LogP contribution in [0.1, 0.15) is 39.0 Å². The molecule has 3 rings (SSSR count). The molecule has 3 fully saturated rings. The smallest absolute Gasteiger partial charge is 0.267 e. The van der Waals surface area contributed by atoms with Crippen molar-refractivity contribution in [3.63, 3.8) is 0 Å². The van der Waals surface area contributed by atoms with Crippen LogP contribution < -0.4 is 5.43 Å². The third-order valence-electron chi connectivity index (χ3n) is 4.56. The molecule has 2 amide bonds. The van der Waals surface area contributed by atoms with Crippen LogP contribution in [0, 0.1) is 0 Å². The van der Waals surface area contributed by atoms with Crippen molar-refractivity contribution in [3.05, 3.63) is 11.6 Å². The van der Waals surface area contributed by atoms with Gasteiger partial charge in [-0.15, -0.1) is 23.2 Å². The van der Waals surface area contributed by atoms with Crippen LogP contribution in [0.25, 0.3) is 0 Å². The van der Waals surface area contributed by atoms with Crippen LogP contribution in [0.2, 0.25) is 0 Å². The summed E-state index contributed by atoms with van der Waals surface area (Å²) in [5, 5.41) is 2.10. The summed E-state index contributed by atoms with van der Waals surface area (Å²) in [6, 6.07) is -0.0602. The van der Waals surface area contributed by atoms with E-state index < -0.39 is 0 Å². The van der Waals surface area contributed by atoms with E-state index in [-0.39, 0.29) is 39.4 Å². The molecule has 0 radical (unpaired) electrons. The third-order valence-corrected chi connectivity index (χ3v) is 7.12. The first kappa shape index (κ1) is 16.5. The number of carbonyl (C=O) groups excluding carboxylic acids is 2. The van der Waals surface area contributed by atoms with Crippen LogP contribution in [0.4, 0.5) is 0 Å². The first-order valence-electron chi connectivity index (χ1n) is 7.75. The Morgan fingerprint density at radius 3 is 2.59 bits per heavy atom. The average Bonchev–Trinajstić information content (AvgIpc) is 3.00. The number of nitrogens with one attached hydrogen (secondary N) is 1. The summed E-state index contributed by atoms with van der Waals surface area (Å²) in [5.74, 6) is -0.503. The number of hydrogen-bond acceptors (Lipinski definition) is 3. The van der Waals surface area contributed by atoms with Crippen molar-refractivity contribution in [2.75, 3.05) is 0 Å². The summed E-state index contributed by atoms with van der Waals surface area (Å²) in [6.07, 6.45) is 6.14. The van der Waals surface area contributed by atoms with Gasteiger partial charge in [-0.05, 0) is 32.1 Å². The highest BCUT2D eigenvalue weighted by Crippen LogP contribution is 2.36. The van der Waals surface area contributed by atoms with E-state index in [9.17, 15) is 9.59 Å². The first-order valence-corrected chi connectivity index (χ1v) is 9.57. The lowest BCUT2D eigenvalue weighted by Crippen LogP contribution is -2.48. The zero-order chi connectivity index (χ0) is 15.9. The topological polar surface area (TPSA) is 49.4 Å². The van der Waals surface area contributed by atoms with Gasteiger partial charge >= 0.3 is 0 Å². The Hall–Kier alpha value is -0.390. The van der Waals surface area contributed by atoms with E-state index in [1.165, 1.54) is 5.01 Å². The normalized spacial score (nSPS) is 41.3. The van der Waals surface area contributed by atoms with Crippen molar-refractivity contribution in [2.24, 2.45) is 0 Å². The van der Waals surface area contributed by atoms with E-state index in [2.05, 4.69) is 12.3 Å². The molecule has 5 unspecified atom stereocenters. The summed E-state index contributed by atoms with van der Waals surface area (Å²) in [6.45, 7) is 2.18. The quantitative estimate of drug-likeness (QED) is 0.466. The van der Waals surface area contributed by atoms with Crippen molar-refractivity contribution < 1.29 is 9.59 Å². The number of rotatable bonds is 2. The molecule has 0 aromatic carbocycles. The van der Waals surface area contributed by atoms with Gasteiger partial charge < -0.3 is 0 Å². The van der Waals surface area contributed by atoms with E-state index in [0.717, 1.165) is 25.7 Å². The molecule has 5 atom stereocenters. The number of halogens is 2. The SMILES string of the molecule is CC1CCC(/C=C2\C(=O)NN(C3CCC(Cl)C(Cl)C3)C2=O)S1. The van der Waals surface area contributed by atoms with Crippen LogP contribution in [0.3, 0.4) is 0 Å². The van der Waals surface area contributed by atoms with Gasteiger partial charge in [0.15, 0.2) is 0 Å². The van der Waals surface area contributed by atoms with E-state index in [1.807, 2.05) is 17.8 Å². The fourth-order valence-corrected chi connectivity index (χ4v) is 5.20. The van der Waals surface area contributed by atoms with Gasteiger partial charge in [0.05, 0.1) is 16.8 Å². The van der Waals surface area contributed by atoms with E-state index in [4.69, 9.17) is 23.2 Å². The molecule has 4 nitrogen and oxygen atoms in total. The van der Waals surface area contributed by atoms with Crippen molar-refractivity contribution in [1.29, 1.82) is 0 Å². The summed E-state index contributed by atoms with van der Waals surface area (Å²) in [5.41, 5.74) is 2.99. The van der Waals surface area contributed by atoms with Crippen molar-refractivity contribution in [2.45, 2.75) is 66.3 Å². The number of nitrogens with zero attached hydrogens (tertiary/aromatic N) is 1. The number of hydrazine groups is 1. The highest BCUT2D eigenvalue weighted by Gasteiger charge is 2.41. The average molecular weight is 363 g/mol. The molecule has 2 heterocycles. The zero-order valence-electron chi connectivity index (χ0n) is 12.4. The molecule has 0 spiro atoms. The molecule has 22 heavy (non-hydrogen) atoms. The minimum atomic E-state index is -0.288. The first-order chi connectivity index (χ1) is 10.5. The predicted molar refractivity (Wildman–Crippen MR) is 90.1 cm³/mol. The van der Waals surface area contributed by atoms with Gasteiger partial charge in [-0.2, -0.15) is 11.8 Å². The van der Waals surface area contributed by atoms with Crippen LogP contribution in [0.5, 0.6) is 0 Å². The second-order valence-electron chi connectivity index (χ2n) is 6.26. The molecule has 0 aromatic rings. The third kappa shape index (κ3) is 3.26. The summed E-state index contributed by atoms with van der Waals surface area (Å²) in [7, 11) is 0. The molecule has 3 aliphatic rings. The largest absolute Gasteiger partial charge is 0.277 e. The molecular formula is C15H20Cl2N2O2S. The van der Waals surface area contributed by atoms with Crippen molar-refractivity contribution in [1.82, 2.24) is 10.4 Å². The van der Waals surface area contributed by atoms with E-state index in [1.54, 1.807) is 0 Å². The summed E-state index contributed by atoms with van der Waals surface area (Å²) >= 11 is 14.2. The second kappa shape index (κ2) is 6.62. The van der Waals surface area contributed by atoms with Gasteiger partial charge in [0.2, 0.25) is 0 Å². The monoisotopic (exact) mass is 362 g/mol.